The van der Waals surface area contributed by atoms with Gasteiger partial charge in [-0.3, -0.25) is 4.79 Å². The highest BCUT2D eigenvalue weighted by atomic mass is 16.1. The van der Waals surface area contributed by atoms with Crippen LogP contribution in [-0.2, 0) is 0 Å². The third-order valence-electron chi connectivity index (χ3n) is 1.17. The van der Waals surface area contributed by atoms with E-state index in [9.17, 15) is 4.79 Å². The molecule has 0 fully saturated rings. The second-order valence-corrected chi connectivity index (χ2v) is 1.94. The highest BCUT2D eigenvalue weighted by Crippen LogP contribution is 1.93. The third-order valence-corrected chi connectivity index (χ3v) is 1.17. The third kappa shape index (κ3) is 0.928. The fraction of sp³-hybridized carbons (Fsp3) is 0.200. The number of anilines is 1. The molecule has 0 atom stereocenters. The molecule has 5 heteroatoms. The van der Waals surface area contributed by atoms with E-state index in [0.717, 1.165) is 4.68 Å². The fourth-order valence-corrected chi connectivity index (χ4v) is 0.629. The van der Waals surface area contributed by atoms with Crippen molar-refractivity contribution in [3.63, 3.8) is 0 Å². The molecule has 1 aromatic rings. The Balaban J connectivity index is 3.46. The molecule has 0 amide bonds. The Bertz CT molecular complexity index is 277. The smallest absolute Gasteiger partial charge is 0.275 e. The number of nitrogens with two attached hydrogens (primary N) is 2. The number of hydrogen-bond acceptors (Lipinski definition) is 4. The van der Waals surface area contributed by atoms with Crippen LogP contribution in [0.4, 0.5) is 5.82 Å². The molecule has 4 N–H and O–H groups in total. The van der Waals surface area contributed by atoms with Crippen LogP contribution in [0.1, 0.15) is 5.82 Å². The summed E-state index contributed by atoms with van der Waals surface area (Å²) in [5.74, 6) is 5.97. The SMILES string of the molecule is Cc1nc(=O)cc(N)n1N. The lowest BCUT2D eigenvalue weighted by atomic mass is 10.5. The lowest BCUT2D eigenvalue weighted by Crippen LogP contribution is -2.23. The number of hydrogen-bond donors (Lipinski definition) is 2. The van der Waals surface area contributed by atoms with Crippen molar-refractivity contribution in [2.75, 3.05) is 11.6 Å². The number of rotatable bonds is 0. The van der Waals surface area contributed by atoms with Crippen molar-refractivity contribution in [3.8, 4) is 0 Å². The molecule has 54 valence electrons. The van der Waals surface area contributed by atoms with Crippen LogP contribution in [0.25, 0.3) is 0 Å². The Labute approximate surface area is 57.3 Å². The van der Waals surface area contributed by atoms with Crippen molar-refractivity contribution < 1.29 is 0 Å². The highest BCUT2D eigenvalue weighted by molar-refractivity contribution is 5.27. The van der Waals surface area contributed by atoms with E-state index in [2.05, 4.69) is 4.98 Å². The predicted molar refractivity (Wildman–Crippen MR) is 37.8 cm³/mol. The van der Waals surface area contributed by atoms with Crippen molar-refractivity contribution in [1.29, 1.82) is 0 Å². The lowest BCUT2D eigenvalue weighted by molar-refractivity contribution is 0.865. The van der Waals surface area contributed by atoms with Gasteiger partial charge in [-0.2, -0.15) is 4.98 Å². The van der Waals surface area contributed by atoms with Crippen LogP contribution in [0.2, 0.25) is 0 Å². The van der Waals surface area contributed by atoms with Gasteiger partial charge in [0.15, 0.2) is 0 Å². The van der Waals surface area contributed by atoms with E-state index in [0.29, 0.717) is 5.82 Å². The predicted octanol–water partition coefficient (Wildman–Crippen LogP) is -1.15. The first-order valence-electron chi connectivity index (χ1n) is 2.72. The molecule has 0 spiro atoms. The van der Waals surface area contributed by atoms with Gasteiger partial charge in [0.25, 0.3) is 5.56 Å². The molecule has 0 aliphatic carbocycles. The number of nitrogen functional groups attached to an aromatic ring is 2. The summed E-state index contributed by atoms with van der Waals surface area (Å²) in [6.07, 6.45) is 0. The minimum Gasteiger partial charge on any atom is -0.384 e. The summed E-state index contributed by atoms with van der Waals surface area (Å²) in [6, 6.07) is 1.17. The zero-order valence-electron chi connectivity index (χ0n) is 5.53. The summed E-state index contributed by atoms with van der Waals surface area (Å²) >= 11 is 0. The summed E-state index contributed by atoms with van der Waals surface area (Å²) < 4.78 is 1.15. The summed E-state index contributed by atoms with van der Waals surface area (Å²) in [4.78, 5) is 14.1. The van der Waals surface area contributed by atoms with Gasteiger partial charge in [-0.15, -0.1) is 0 Å². The van der Waals surface area contributed by atoms with Gasteiger partial charge in [-0.25, -0.2) is 4.68 Å². The first-order chi connectivity index (χ1) is 4.61. The Morgan fingerprint density at radius 3 is 2.80 bits per heavy atom. The zero-order chi connectivity index (χ0) is 7.72. The van der Waals surface area contributed by atoms with Crippen LogP contribution in [0, 0.1) is 6.92 Å². The second-order valence-electron chi connectivity index (χ2n) is 1.94. The molecule has 0 aliphatic rings. The largest absolute Gasteiger partial charge is 0.384 e. The van der Waals surface area contributed by atoms with E-state index in [1.165, 1.54) is 6.07 Å². The van der Waals surface area contributed by atoms with Gasteiger partial charge in [0.1, 0.15) is 11.6 Å². The number of aromatic nitrogens is 2. The van der Waals surface area contributed by atoms with Crippen LogP contribution in [0.15, 0.2) is 10.9 Å². The van der Waals surface area contributed by atoms with Crippen LogP contribution in [0.3, 0.4) is 0 Å². The molecule has 0 radical (unpaired) electrons. The molecule has 1 rings (SSSR count). The maximum atomic E-state index is 10.6. The van der Waals surface area contributed by atoms with Crippen LogP contribution >= 0.6 is 0 Å². The topological polar surface area (TPSA) is 86.9 Å². The first-order valence-corrected chi connectivity index (χ1v) is 2.72. The second kappa shape index (κ2) is 2.02. The van der Waals surface area contributed by atoms with Gasteiger partial charge >= 0.3 is 0 Å². The van der Waals surface area contributed by atoms with Crippen LogP contribution in [-0.4, -0.2) is 9.66 Å². The van der Waals surface area contributed by atoms with E-state index in [1.807, 2.05) is 0 Å². The molecule has 0 unspecified atom stereocenters. The molecule has 0 aromatic carbocycles. The zero-order valence-corrected chi connectivity index (χ0v) is 5.53. The fourth-order valence-electron chi connectivity index (χ4n) is 0.629. The van der Waals surface area contributed by atoms with Gasteiger partial charge in [-0.05, 0) is 6.92 Å². The Morgan fingerprint density at radius 2 is 2.30 bits per heavy atom. The van der Waals surface area contributed by atoms with Gasteiger partial charge in [-0.1, -0.05) is 0 Å². The number of nitrogens with zero attached hydrogens (tertiary/aromatic N) is 2. The molecule has 1 heterocycles. The molecule has 0 saturated carbocycles. The van der Waals surface area contributed by atoms with Gasteiger partial charge in [0.05, 0.1) is 0 Å². The van der Waals surface area contributed by atoms with Crippen LogP contribution < -0.4 is 17.1 Å². The Hall–Kier alpha value is -1.52. The van der Waals surface area contributed by atoms with E-state index >= 15 is 0 Å². The molecule has 10 heavy (non-hydrogen) atoms. The molecular formula is C5H8N4O. The standard InChI is InChI=1S/C5H8N4O/c1-3-8-5(10)2-4(6)9(3)7/h2H,6-7H2,1H3. The van der Waals surface area contributed by atoms with E-state index in [1.54, 1.807) is 6.92 Å². The molecule has 0 bridgehead atoms. The van der Waals surface area contributed by atoms with Gasteiger partial charge in [0.2, 0.25) is 0 Å². The molecular weight excluding hydrogens is 132 g/mol. The van der Waals surface area contributed by atoms with E-state index in [-0.39, 0.29) is 11.4 Å². The summed E-state index contributed by atoms with van der Waals surface area (Å²) in [5.41, 5.74) is 4.96. The molecule has 5 nitrogen and oxygen atoms in total. The lowest BCUT2D eigenvalue weighted by Gasteiger charge is -2.03. The normalized spacial score (nSPS) is 9.70. The van der Waals surface area contributed by atoms with Crippen molar-refractivity contribution in [1.82, 2.24) is 9.66 Å². The van der Waals surface area contributed by atoms with Gasteiger partial charge in [0, 0.05) is 6.07 Å². The van der Waals surface area contributed by atoms with E-state index in [4.69, 9.17) is 11.6 Å². The van der Waals surface area contributed by atoms with Crippen molar-refractivity contribution in [3.05, 3.63) is 22.2 Å². The Morgan fingerprint density at radius 1 is 1.70 bits per heavy atom. The first kappa shape index (κ1) is 6.60. The van der Waals surface area contributed by atoms with Crippen molar-refractivity contribution in [2.45, 2.75) is 6.92 Å². The van der Waals surface area contributed by atoms with Crippen molar-refractivity contribution in [2.24, 2.45) is 0 Å². The molecule has 0 saturated heterocycles. The van der Waals surface area contributed by atoms with Gasteiger partial charge < -0.3 is 11.6 Å². The molecule has 0 aliphatic heterocycles. The highest BCUT2D eigenvalue weighted by Gasteiger charge is 1.96. The maximum absolute atomic E-state index is 10.6. The van der Waals surface area contributed by atoms with E-state index < -0.39 is 0 Å². The monoisotopic (exact) mass is 140 g/mol. The van der Waals surface area contributed by atoms with Crippen LogP contribution in [0.5, 0.6) is 0 Å². The average molecular weight is 140 g/mol. The minimum absolute atomic E-state index is 0.220. The Kier molecular flexibility index (Phi) is 1.33. The number of aryl methyl sites for hydroxylation is 1. The summed E-state index contributed by atoms with van der Waals surface area (Å²) in [7, 11) is 0. The quantitative estimate of drug-likeness (QED) is 0.445. The summed E-state index contributed by atoms with van der Waals surface area (Å²) in [6.45, 7) is 1.61. The summed E-state index contributed by atoms with van der Waals surface area (Å²) in [5, 5.41) is 0. The molecule has 1 aromatic heterocycles. The minimum atomic E-state index is -0.364. The maximum Gasteiger partial charge on any atom is 0.275 e. The van der Waals surface area contributed by atoms with Crippen molar-refractivity contribution >= 4 is 5.82 Å². The average Bonchev–Trinajstić information content (AvgIpc) is 1.82.